The van der Waals surface area contributed by atoms with E-state index in [1.54, 1.807) is 0 Å². The number of rotatable bonds is 6. The fourth-order valence-corrected chi connectivity index (χ4v) is 4.24. The monoisotopic (exact) mass is 382 g/mol. The molecular weight excluding hydrogens is 351 g/mol. The minimum atomic E-state index is 0.329. The third-order valence-corrected chi connectivity index (χ3v) is 5.71. The van der Waals surface area contributed by atoms with E-state index in [1.807, 2.05) is 6.07 Å². The number of halogens is 2. The predicted molar refractivity (Wildman–Crippen MR) is 111 cm³/mol. The van der Waals surface area contributed by atoms with Gasteiger partial charge >= 0.3 is 0 Å². The van der Waals surface area contributed by atoms with Crippen LogP contribution in [-0.4, -0.2) is 42.5 Å². The quantitative estimate of drug-likeness (QED) is 0.552. The van der Waals surface area contributed by atoms with Gasteiger partial charge in [0.05, 0.1) is 0 Å². The van der Waals surface area contributed by atoms with Gasteiger partial charge in [0, 0.05) is 41.8 Å². The second-order valence-electron chi connectivity index (χ2n) is 7.82. The Morgan fingerprint density at radius 2 is 1.84 bits per heavy atom. The van der Waals surface area contributed by atoms with Crippen LogP contribution in [0.2, 0.25) is 10.0 Å². The van der Waals surface area contributed by atoms with E-state index in [0.29, 0.717) is 18.0 Å². The van der Waals surface area contributed by atoms with E-state index in [-0.39, 0.29) is 0 Å². The van der Waals surface area contributed by atoms with Crippen LogP contribution < -0.4 is 0 Å². The van der Waals surface area contributed by atoms with E-state index in [0.717, 1.165) is 36.1 Å². The normalized spacial score (nSPS) is 21.8. The molecule has 0 spiro atoms. The second-order valence-corrected chi connectivity index (χ2v) is 8.69. The number of piperazine rings is 1. The van der Waals surface area contributed by atoms with Crippen molar-refractivity contribution in [1.82, 2.24) is 9.80 Å². The van der Waals surface area contributed by atoms with Gasteiger partial charge in [0.1, 0.15) is 0 Å². The van der Waals surface area contributed by atoms with Gasteiger partial charge < -0.3 is 4.90 Å². The van der Waals surface area contributed by atoms with Gasteiger partial charge in [0.15, 0.2) is 0 Å². The van der Waals surface area contributed by atoms with Crippen molar-refractivity contribution in [2.45, 2.75) is 52.6 Å². The summed E-state index contributed by atoms with van der Waals surface area (Å²) in [5.74, 6) is 0.712. The summed E-state index contributed by atoms with van der Waals surface area (Å²) in [7, 11) is 2.26. The van der Waals surface area contributed by atoms with Crippen molar-refractivity contribution in [3.05, 3.63) is 45.5 Å². The fourth-order valence-electron chi connectivity index (χ4n) is 3.70. The summed E-state index contributed by atoms with van der Waals surface area (Å²) in [5.41, 5.74) is 2.63. The lowest BCUT2D eigenvalue weighted by Crippen LogP contribution is -2.52. The molecule has 2 nitrogen and oxygen atoms in total. The third-order valence-electron chi connectivity index (χ3n) is 5.27. The zero-order chi connectivity index (χ0) is 18.6. The molecule has 1 fully saturated rings. The first-order chi connectivity index (χ1) is 11.8. The Bertz CT molecular complexity index is 577. The molecule has 1 aromatic carbocycles. The van der Waals surface area contributed by atoms with Crippen molar-refractivity contribution in [2.24, 2.45) is 5.92 Å². The van der Waals surface area contributed by atoms with E-state index in [1.165, 1.54) is 17.6 Å². The van der Waals surface area contributed by atoms with Crippen LogP contribution in [0.4, 0.5) is 0 Å². The molecule has 4 heteroatoms. The largest absolute Gasteiger partial charge is 0.301 e. The van der Waals surface area contributed by atoms with E-state index >= 15 is 0 Å². The van der Waals surface area contributed by atoms with Gasteiger partial charge in [-0.1, -0.05) is 48.7 Å². The highest BCUT2D eigenvalue weighted by Gasteiger charge is 2.30. The van der Waals surface area contributed by atoms with Crippen molar-refractivity contribution >= 4 is 23.2 Å². The molecule has 1 saturated heterocycles. The van der Waals surface area contributed by atoms with Crippen molar-refractivity contribution in [1.29, 1.82) is 0 Å². The van der Waals surface area contributed by atoms with Crippen molar-refractivity contribution in [3.8, 4) is 0 Å². The molecule has 1 aliphatic heterocycles. The Hall–Kier alpha value is -0.540. The fraction of sp³-hybridized carbons (Fsp3) is 0.619. The highest BCUT2D eigenvalue weighted by Crippen LogP contribution is 2.33. The summed E-state index contributed by atoms with van der Waals surface area (Å²) in [5, 5.41) is 1.44. The highest BCUT2D eigenvalue weighted by atomic mass is 35.5. The summed E-state index contributed by atoms with van der Waals surface area (Å²) < 4.78 is 0. The summed E-state index contributed by atoms with van der Waals surface area (Å²) in [6.07, 6.45) is 4.46. The SMILES string of the molecule is CC=C(C)CC(c1cc(Cl)cc(Cl)c1)N1CCN(C)C(CC(C)C)C1. The summed E-state index contributed by atoms with van der Waals surface area (Å²) >= 11 is 12.6. The molecular formula is C21H32Cl2N2. The molecule has 0 N–H and O–H groups in total. The topological polar surface area (TPSA) is 6.48 Å². The van der Waals surface area contributed by atoms with Crippen LogP contribution in [0.1, 0.15) is 52.1 Å². The van der Waals surface area contributed by atoms with Gasteiger partial charge in [0.2, 0.25) is 0 Å². The number of nitrogens with zero attached hydrogens (tertiary/aromatic N) is 2. The van der Waals surface area contributed by atoms with Crippen LogP contribution in [0.25, 0.3) is 0 Å². The van der Waals surface area contributed by atoms with Crippen molar-refractivity contribution in [3.63, 3.8) is 0 Å². The maximum absolute atomic E-state index is 6.30. The molecule has 0 saturated carbocycles. The number of hydrogen-bond acceptors (Lipinski definition) is 2. The summed E-state index contributed by atoms with van der Waals surface area (Å²) in [4.78, 5) is 5.14. The molecule has 1 aliphatic rings. The van der Waals surface area contributed by atoms with Gasteiger partial charge in [-0.05, 0) is 63.4 Å². The van der Waals surface area contributed by atoms with E-state index in [9.17, 15) is 0 Å². The molecule has 25 heavy (non-hydrogen) atoms. The average molecular weight is 383 g/mol. The zero-order valence-electron chi connectivity index (χ0n) is 16.2. The standard InChI is InChI=1S/C21H32Cl2N2/c1-6-16(4)10-21(17-11-18(22)13-19(23)12-17)25-8-7-24(5)20(14-25)9-15(2)3/h6,11-13,15,20-21H,7-10,14H2,1-5H3. The number of allylic oxidation sites excluding steroid dienone is 1. The summed E-state index contributed by atoms with van der Waals surface area (Å²) in [6, 6.07) is 6.92. The van der Waals surface area contributed by atoms with Crippen molar-refractivity contribution < 1.29 is 0 Å². The molecule has 1 aromatic rings. The molecule has 2 rings (SSSR count). The van der Waals surface area contributed by atoms with Gasteiger partial charge in [-0.3, -0.25) is 4.90 Å². The molecule has 2 unspecified atom stereocenters. The molecule has 0 amide bonds. The molecule has 140 valence electrons. The van der Waals surface area contributed by atoms with Crippen LogP contribution in [0.15, 0.2) is 29.8 Å². The van der Waals surface area contributed by atoms with Crippen LogP contribution in [0.3, 0.4) is 0 Å². The third kappa shape index (κ3) is 5.99. The minimum absolute atomic E-state index is 0.329. The van der Waals surface area contributed by atoms with Crippen LogP contribution in [-0.2, 0) is 0 Å². The zero-order valence-corrected chi connectivity index (χ0v) is 17.7. The Morgan fingerprint density at radius 3 is 2.40 bits per heavy atom. The first-order valence-electron chi connectivity index (χ1n) is 9.32. The van der Waals surface area contributed by atoms with Crippen molar-refractivity contribution in [2.75, 3.05) is 26.7 Å². The first kappa shape index (κ1) is 20.8. The molecule has 1 heterocycles. The van der Waals surface area contributed by atoms with Gasteiger partial charge in [-0.2, -0.15) is 0 Å². The smallest absolute Gasteiger partial charge is 0.0424 e. The second kappa shape index (κ2) is 9.41. The van der Waals surface area contributed by atoms with Crippen LogP contribution in [0.5, 0.6) is 0 Å². The summed E-state index contributed by atoms with van der Waals surface area (Å²) in [6.45, 7) is 12.2. The maximum atomic E-state index is 6.30. The lowest BCUT2D eigenvalue weighted by molar-refractivity contribution is 0.0541. The molecule has 0 radical (unpaired) electrons. The van der Waals surface area contributed by atoms with E-state index in [4.69, 9.17) is 23.2 Å². The Morgan fingerprint density at radius 1 is 1.20 bits per heavy atom. The minimum Gasteiger partial charge on any atom is -0.301 e. The highest BCUT2D eigenvalue weighted by molar-refractivity contribution is 6.34. The first-order valence-corrected chi connectivity index (χ1v) is 10.1. The lowest BCUT2D eigenvalue weighted by atomic mass is 9.94. The van der Waals surface area contributed by atoms with Crippen LogP contribution >= 0.6 is 23.2 Å². The molecule has 0 bridgehead atoms. The van der Waals surface area contributed by atoms with Gasteiger partial charge in [-0.25, -0.2) is 0 Å². The van der Waals surface area contributed by atoms with Gasteiger partial charge in [0.25, 0.3) is 0 Å². The molecule has 0 aromatic heterocycles. The predicted octanol–water partition coefficient (Wildman–Crippen LogP) is 6.05. The van der Waals surface area contributed by atoms with Crippen LogP contribution in [0, 0.1) is 5.92 Å². The maximum Gasteiger partial charge on any atom is 0.0424 e. The Labute approximate surface area is 163 Å². The Kier molecular flexibility index (Phi) is 7.82. The number of likely N-dealkylation sites (N-methyl/N-ethyl adjacent to an activating group) is 1. The van der Waals surface area contributed by atoms with E-state index < -0.39 is 0 Å². The lowest BCUT2D eigenvalue weighted by Gasteiger charge is -2.44. The molecule has 2 atom stereocenters. The molecule has 0 aliphatic carbocycles. The number of hydrogen-bond donors (Lipinski definition) is 0. The van der Waals surface area contributed by atoms with E-state index in [2.05, 4.69) is 62.8 Å². The van der Waals surface area contributed by atoms with Gasteiger partial charge in [-0.15, -0.1) is 0 Å². The Balaban J connectivity index is 2.28. The average Bonchev–Trinajstić information content (AvgIpc) is 2.53. The number of benzene rings is 1.